The maximum Gasteiger partial charge on any atom is 0.243 e. The molecule has 0 bridgehead atoms. The zero-order valence-corrected chi connectivity index (χ0v) is 12.2. The van der Waals surface area contributed by atoms with E-state index in [-0.39, 0.29) is 12.0 Å². The Hall–Kier alpha value is -1.21. The van der Waals surface area contributed by atoms with Crippen LogP contribution in [-0.4, -0.2) is 15.0 Å². The Kier molecular flexibility index (Phi) is 3.77. The summed E-state index contributed by atoms with van der Waals surface area (Å²) in [4.78, 5) is -0.615. The van der Waals surface area contributed by atoms with E-state index in [0.717, 1.165) is 25.0 Å². The Balaban J connectivity index is 2.22. The summed E-state index contributed by atoms with van der Waals surface area (Å²) < 4.78 is 53.4. The average molecular weight is 304 g/mol. The van der Waals surface area contributed by atoms with Gasteiger partial charge in [0.05, 0.1) is 0 Å². The third-order valence-corrected chi connectivity index (χ3v) is 5.53. The molecule has 3 N–H and O–H groups in total. The Bertz CT molecular complexity index is 626. The number of rotatable bonds is 5. The first kappa shape index (κ1) is 15.2. The first-order valence-electron chi connectivity index (χ1n) is 6.43. The van der Waals surface area contributed by atoms with Crippen molar-refractivity contribution in [3.8, 4) is 0 Å². The third kappa shape index (κ3) is 2.64. The largest absolute Gasteiger partial charge is 0.394 e. The molecule has 1 saturated carbocycles. The molecule has 0 amide bonds. The van der Waals surface area contributed by atoms with Crippen LogP contribution < -0.4 is 10.5 Å². The minimum atomic E-state index is -4.03. The van der Waals surface area contributed by atoms with Gasteiger partial charge in [0.25, 0.3) is 0 Å². The highest BCUT2D eigenvalue weighted by Crippen LogP contribution is 2.51. The molecule has 0 heterocycles. The van der Waals surface area contributed by atoms with Crippen LogP contribution in [0.4, 0.5) is 14.5 Å². The topological polar surface area (TPSA) is 72.2 Å². The third-order valence-electron chi connectivity index (χ3n) is 4.11. The molecule has 0 spiro atoms. The van der Waals surface area contributed by atoms with Crippen LogP contribution in [0.3, 0.4) is 0 Å². The lowest BCUT2D eigenvalue weighted by Crippen LogP contribution is -2.33. The summed E-state index contributed by atoms with van der Waals surface area (Å²) in [5.41, 5.74) is 4.35. The number of sulfonamides is 1. The Morgan fingerprint density at radius 1 is 1.35 bits per heavy atom. The molecule has 0 saturated heterocycles. The standard InChI is InChI=1S/C13H18F2N2O2S/c1-8(2)13(5-6-13)7-17-20(18,19)10-4-3-9(14)12(16)11(10)15/h3-4,8,17H,5-7,16H2,1-2H3. The molecule has 1 aromatic carbocycles. The molecule has 20 heavy (non-hydrogen) atoms. The van der Waals surface area contributed by atoms with Gasteiger partial charge in [-0.15, -0.1) is 0 Å². The van der Waals surface area contributed by atoms with Crippen LogP contribution in [0.15, 0.2) is 17.0 Å². The Morgan fingerprint density at radius 3 is 2.45 bits per heavy atom. The number of hydrogen-bond acceptors (Lipinski definition) is 3. The van der Waals surface area contributed by atoms with Crippen molar-refractivity contribution in [1.29, 1.82) is 0 Å². The molecule has 7 heteroatoms. The number of anilines is 1. The van der Waals surface area contributed by atoms with E-state index in [0.29, 0.717) is 5.92 Å². The Labute approximate surface area is 117 Å². The van der Waals surface area contributed by atoms with Gasteiger partial charge in [0.2, 0.25) is 10.0 Å². The van der Waals surface area contributed by atoms with Crippen LogP contribution >= 0.6 is 0 Å². The predicted octanol–water partition coefficient (Wildman–Crippen LogP) is 2.26. The molecule has 0 aromatic heterocycles. The molecular weight excluding hydrogens is 286 g/mol. The molecule has 1 aromatic rings. The van der Waals surface area contributed by atoms with Gasteiger partial charge < -0.3 is 5.73 Å². The van der Waals surface area contributed by atoms with Crippen molar-refractivity contribution in [3.05, 3.63) is 23.8 Å². The molecule has 1 aliphatic rings. The second-order valence-corrected chi connectivity index (χ2v) is 7.35. The fourth-order valence-electron chi connectivity index (χ4n) is 2.19. The van der Waals surface area contributed by atoms with Crippen molar-refractivity contribution in [3.63, 3.8) is 0 Å². The monoisotopic (exact) mass is 304 g/mol. The lowest BCUT2D eigenvalue weighted by molar-refractivity contribution is 0.357. The van der Waals surface area contributed by atoms with Crippen LogP contribution in [0.5, 0.6) is 0 Å². The van der Waals surface area contributed by atoms with Gasteiger partial charge in [-0.2, -0.15) is 0 Å². The molecule has 1 fully saturated rings. The molecular formula is C13H18F2N2O2S. The molecule has 4 nitrogen and oxygen atoms in total. The summed E-state index contributed by atoms with van der Waals surface area (Å²) in [6.45, 7) is 4.30. The minimum absolute atomic E-state index is 0.0465. The van der Waals surface area contributed by atoms with Crippen LogP contribution in [0.25, 0.3) is 0 Å². The fraction of sp³-hybridized carbons (Fsp3) is 0.538. The predicted molar refractivity (Wildman–Crippen MR) is 72.5 cm³/mol. The van der Waals surface area contributed by atoms with Crippen molar-refractivity contribution in [2.75, 3.05) is 12.3 Å². The van der Waals surface area contributed by atoms with Gasteiger partial charge in [0.15, 0.2) is 5.82 Å². The number of benzene rings is 1. The lowest BCUT2D eigenvalue weighted by atomic mass is 9.93. The van der Waals surface area contributed by atoms with Gasteiger partial charge in [-0.1, -0.05) is 13.8 Å². The summed E-state index contributed by atoms with van der Waals surface area (Å²) in [6, 6.07) is 1.74. The first-order chi connectivity index (χ1) is 9.19. The van der Waals surface area contributed by atoms with Crippen molar-refractivity contribution < 1.29 is 17.2 Å². The fourth-order valence-corrected chi connectivity index (χ4v) is 3.42. The van der Waals surface area contributed by atoms with E-state index in [1.807, 2.05) is 13.8 Å². The molecule has 0 aliphatic heterocycles. The summed E-state index contributed by atoms with van der Waals surface area (Å²) in [7, 11) is -4.03. The second-order valence-electron chi connectivity index (χ2n) is 5.61. The van der Waals surface area contributed by atoms with Crippen molar-refractivity contribution >= 4 is 15.7 Å². The van der Waals surface area contributed by atoms with Crippen LogP contribution in [0.1, 0.15) is 26.7 Å². The van der Waals surface area contributed by atoms with Crippen molar-refractivity contribution in [2.45, 2.75) is 31.6 Å². The summed E-state index contributed by atoms with van der Waals surface area (Å²) in [5, 5.41) is 0. The molecule has 2 rings (SSSR count). The minimum Gasteiger partial charge on any atom is -0.394 e. The number of nitrogens with one attached hydrogen (secondary N) is 1. The quantitative estimate of drug-likeness (QED) is 0.820. The van der Waals surface area contributed by atoms with E-state index in [1.54, 1.807) is 0 Å². The maximum atomic E-state index is 13.8. The molecule has 1 aliphatic carbocycles. The van der Waals surface area contributed by atoms with Gasteiger partial charge in [-0.05, 0) is 36.3 Å². The van der Waals surface area contributed by atoms with Crippen molar-refractivity contribution in [2.24, 2.45) is 11.3 Å². The number of nitrogens with two attached hydrogens (primary N) is 1. The summed E-state index contributed by atoms with van der Waals surface area (Å²) in [5.74, 6) is -1.87. The van der Waals surface area contributed by atoms with Crippen LogP contribution in [0, 0.1) is 23.0 Å². The maximum absolute atomic E-state index is 13.8. The number of nitrogen functional groups attached to an aromatic ring is 1. The van der Waals surface area contributed by atoms with Crippen molar-refractivity contribution in [1.82, 2.24) is 4.72 Å². The summed E-state index contributed by atoms with van der Waals surface area (Å²) in [6.07, 6.45) is 1.89. The van der Waals surface area contributed by atoms with Gasteiger partial charge in [-0.3, -0.25) is 0 Å². The van der Waals surface area contributed by atoms with Gasteiger partial charge >= 0.3 is 0 Å². The van der Waals surface area contributed by atoms with E-state index in [1.165, 1.54) is 0 Å². The van der Waals surface area contributed by atoms with Crippen LogP contribution in [0.2, 0.25) is 0 Å². The highest BCUT2D eigenvalue weighted by molar-refractivity contribution is 7.89. The number of halogens is 2. The van der Waals surface area contributed by atoms with E-state index in [4.69, 9.17) is 5.73 Å². The van der Waals surface area contributed by atoms with E-state index < -0.39 is 32.2 Å². The lowest BCUT2D eigenvalue weighted by Gasteiger charge is -2.20. The highest BCUT2D eigenvalue weighted by Gasteiger charge is 2.45. The average Bonchev–Trinajstić information content (AvgIpc) is 3.14. The highest BCUT2D eigenvalue weighted by atomic mass is 32.2. The van der Waals surface area contributed by atoms with Gasteiger partial charge in [0, 0.05) is 6.54 Å². The smallest absolute Gasteiger partial charge is 0.243 e. The van der Waals surface area contributed by atoms with Gasteiger partial charge in [-0.25, -0.2) is 21.9 Å². The molecule has 0 radical (unpaired) electrons. The Morgan fingerprint density at radius 2 is 1.95 bits per heavy atom. The van der Waals surface area contributed by atoms with E-state index >= 15 is 0 Å². The second kappa shape index (κ2) is 4.96. The molecule has 0 atom stereocenters. The zero-order valence-electron chi connectivity index (χ0n) is 11.4. The number of hydrogen-bond donors (Lipinski definition) is 2. The first-order valence-corrected chi connectivity index (χ1v) is 7.91. The summed E-state index contributed by atoms with van der Waals surface area (Å²) >= 11 is 0. The zero-order chi connectivity index (χ0) is 15.1. The van der Waals surface area contributed by atoms with E-state index in [2.05, 4.69) is 4.72 Å². The van der Waals surface area contributed by atoms with Crippen LogP contribution in [-0.2, 0) is 10.0 Å². The van der Waals surface area contributed by atoms with Gasteiger partial charge in [0.1, 0.15) is 16.4 Å². The SMILES string of the molecule is CC(C)C1(CNS(=O)(=O)c2ccc(F)c(N)c2F)CC1. The van der Waals surface area contributed by atoms with E-state index in [9.17, 15) is 17.2 Å². The normalized spacial score (nSPS) is 17.4. The molecule has 0 unspecified atom stereocenters. The molecule has 112 valence electrons.